The molecule has 15 heavy (non-hydrogen) atoms. The maximum absolute atomic E-state index is 5.82. The van der Waals surface area contributed by atoms with Gasteiger partial charge in [-0.1, -0.05) is 0 Å². The third kappa shape index (κ3) is 2.45. The molecule has 1 atom stereocenters. The van der Waals surface area contributed by atoms with Crippen LogP contribution in [0.2, 0.25) is 0 Å². The summed E-state index contributed by atoms with van der Waals surface area (Å²) < 4.78 is 0. The molecule has 0 bridgehead atoms. The van der Waals surface area contributed by atoms with E-state index in [-0.39, 0.29) is 6.04 Å². The average molecular weight is 206 g/mol. The number of hydrogen-bond donors (Lipinski definition) is 1. The Hall–Kier alpha value is -1.16. The van der Waals surface area contributed by atoms with Crippen molar-refractivity contribution in [2.75, 3.05) is 18.0 Å². The summed E-state index contributed by atoms with van der Waals surface area (Å²) in [5.74, 6) is 1.08. The van der Waals surface area contributed by atoms with Crippen molar-refractivity contribution in [2.24, 2.45) is 5.73 Å². The van der Waals surface area contributed by atoms with Crippen molar-refractivity contribution >= 4 is 5.82 Å². The highest BCUT2D eigenvalue weighted by Gasteiger charge is 2.17. The molecule has 0 aliphatic carbocycles. The number of hydrogen-bond acceptors (Lipinski definition) is 4. The van der Waals surface area contributed by atoms with Crippen molar-refractivity contribution in [3.8, 4) is 0 Å². The van der Waals surface area contributed by atoms with Crippen LogP contribution in [0.3, 0.4) is 0 Å². The number of nitrogens with zero attached hydrogens (tertiary/aromatic N) is 3. The van der Waals surface area contributed by atoms with Gasteiger partial charge in [-0.2, -0.15) is 0 Å². The van der Waals surface area contributed by atoms with Crippen molar-refractivity contribution in [1.82, 2.24) is 9.97 Å². The van der Waals surface area contributed by atoms with E-state index in [9.17, 15) is 0 Å². The van der Waals surface area contributed by atoms with E-state index in [0.717, 1.165) is 25.3 Å². The Morgan fingerprint density at radius 3 is 2.87 bits per heavy atom. The van der Waals surface area contributed by atoms with Gasteiger partial charge in [0.2, 0.25) is 0 Å². The summed E-state index contributed by atoms with van der Waals surface area (Å²) in [5, 5.41) is 0. The molecule has 1 saturated heterocycles. The lowest BCUT2D eigenvalue weighted by Gasteiger charge is -2.19. The van der Waals surface area contributed by atoms with E-state index < -0.39 is 0 Å². The van der Waals surface area contributed by atoms with Crippen LogP contribution < -0.4 is 10.6 Å². The Morgan fingerprint density at radius 2 is 2.20 bits per heavy atom. The second-order valence-electron chi connectivity index (χ2n) is 4.25. The topological polar surface area (TPSA) is 55.0 Å². The van der Waals surface area contributed by atoms with E-state index in [2.05, 4.69) is 14.9 Å². The molecule has 2 N–H and O–H groups in total. The van der Waals surface area contributed by atoms with Gasteiger partial charge >= 0.3 is 0 Å². The first-order valence-electron chi connectivity index (χ1n) is 5.57. The van der Waals surface area contributed by atoms with Crippen LogP contribution in [0.1, 0.15) is 25.3 Å². The lowest BCUT2D eigenvalue weighted by atomic mass is 10.1. The smallest absolute Gasteiger partial charge is 0.135 e. The van der Waals surface area contributed by atoms with Gasteiger partial charge in [0.1, 0.15) is 12.1 Å². The summed E-state index contributed by atoms with van der Waals surface area (Å²) in [7, 11) is 0. The van der Waals surface area contributed by atoms with Gasteiger partial charge in [0.05, 0.1) is 0 Å². The zero-order valence-electron chi connectivity index (χ0n) is 9.19. The predicted octanol–water partition coefficient (Wildman–Crippen LogP) is 0.966. The molecule has 1 unspecified atom stereocenters. The molecule has 2 heterocycles. The normalized spacial score (nSPS) is 18.1. The number of rotatable bonds is 3. The summed E-state index contributed by atoms with van der Waals surface area (Å²) in [5.41, 5.74) is 6.99. The monoisotopic (exact) mass is 206 g/mol. The third-order valence-electron chi connectivity index (χ3n) is 2.71. The molecule has 0 aromatic carbocycles. The molecule has 1 fully saturated rings. The van der Waals surface area contributed by atoms with Gasteiger partial charge in [0, 0.05) is 30.9 Å². The Balaban J connectivity index is 2.20. The Bertz CT molecular complexity index is 318. The van der Waals surface area contributed by atoms with Gasteiger partial charge in [-0.05, 0) is 26.2 Å². The molecule has 0 saturated carbocycles. The minimum atomic E-state index is 0.164. The van der Waals surface area contributed by atoms with Crippen LogP contribution in [0.25, 0.3) is 0 Å². The summed E-state index contributed by atoms with van der Waals surface area (Å²) in [6.45, 7) is 4.24. The van der Waals surface area contributed by atoms with E-state index in [0.29, 0.717) is 0 Å². The minimum absolute atomic E-state index is 0.164. The van der Waals surface area contributed by atoms with Crippen LogP contribution in [0.4, 0.5) is 5.82 Å². The molecule has 1 aliphatic rings. The molecule has 2 rings (SSSR count). The lowest BCUT2D eigenvalue weighted by Crippen LogP contribution is -2.24. The van der Waals surface area contributed by atoms with Crippen LogP contribution in [0, 0.1) is 0 Å². The molecule has 0 spiro atoms. The van der Waals surface area contributed by atoms with Gasteiger partial charge in [0.25, 0.3) is 0 Å². The number of aromatic nitrogens is 2. The van der Waals surface area contributed by atoms with E-state index in [4.69, 9.17) is 5.73 Å². The molecule has 4 heteroatoms. The number of anilines is 1. The highest BCUT2D eigenvalue weighted by molar-refractivity contribution is 5.46. The van der Waals surface area contributed by atoms with E-state index in [1.807, 2.05) is 13.1 Å². The SMILES string of the molecule is CC(N)Cc1cncnc1N1CCCC1. The summed E-state index contributed by atoms with van der Waals surface area (Å²) in [6, 6.07) is 0.164. The first kappa shape index (κ1) is 10.4. The predicted molar refractivity (Wildman–Crippen MR) is 60.8 cm³/mol. The first-order valence-corrected chi connectivity index (χ1v) is 5.57. The van der Waals surface area contributed by atoms with Crippen molar-refractivity contribution < 1.29 is 0 Å². The fourth-order valence-corrected chi connectivity index (χ4v) is 2.06. The summed E-state index contributed by atoms with van der Waals surface area (Å²) >= 11 is 0. The molecule has 4 nitrogen and oxygen atoms in total. The summed E-state index contributed by atoms with van der Waals surface area (Å²) in [6.07, 6.45) is 6.90. The zero-order valence-corrected chi connectivity index (χ0v) is 9.19. The molecular weight excluding hydrogens is 188 g/mol. The molecule has 1 aliphatic heterocycles. The van der Waals surface area contributed by atoms with E-state index in [1.165, 1.54) is 18.4 Å². The van der Waals surface area contributed by atoms with Crippen molar-refractivity contribution in [2.45, 2.75) is 32.2 Å². The van der Waals surface area contributed by atoms with Crippen LogP contribution in [0.5, 0.6) is 0 Å². The largest absolute Gasteiger partial charge is 0.356 e. The first-order chi connectivity index (χ1) is 7.27. The zero-order chi connectivity index (χ0) is 10.7. The van der Waals surface area contributed by atoms with E-state index in [1.54, 1.807) is 6.33 Å². The van der Waals surface area contributed by atoms with Crippen LogP contribution >= 0.6 is 0 Å². The van der Waals surface area contributed by atoms with Gasteiger partial charge in [0.15, 0.2) is 0 Å². The van der Waals surface area contributed by atoms with Gasteiger partial charge in [-0.15, -0.1) is 0 Å². The maximum atomic E-state index is 5.82. The highest BCUT2D eigenvalue weighted by Crippen LogP contribution is 2.21. The maximum Gasteiger partial charge on any atom is 0.135 e. The van der Waals surface area contributed by atoms with Gasteiger partial charge in [-0.25, -0.2) is 9.97 Å². The number of nitrogens with two attached hydrogens (primary N) is 1. The quantitative estimate of drug-likeness (QED) is 0.800. The van der Waals surface area contributed by atoms with E-state index >= 15 is 0 Å². The molecule has 1 aromatic heterocycles. The molecule has 0 amide bonds. The third-order valence-corrected chi connectivity index (χ3v) is 2.71. The molecule has 1 aromatic rings. The minimum Gasteiger partial charge on any atom is -0.356 e. The highest BCUT2D eigenvalue weighted by atomic mass is 15.2. The second kappa shape index (κ2) is 4.57. The summed E-state index contributed by atoms with van der Waals surface area (Å²) in [4.78, 5) is 10.8. The van der Waals surface area contributed by atoms with Crippen LogP contribution in [-0.4, -0.2) is 29.1 Å². The fourth-order valence-electron chi connectivity index (χ4n) is 2.06. The van der Waals surface area contributed by atoms with Crippen molar-refractivity contribution in [3.05, 3.63) is 18.1 Å². The van der Waals surface area contributed by atoms with Gasteiger partial charge in [-0.3, -0.25) is 0 Å². The average Bonchev–Trinajstić information content (AvgIpc) is 2.70. The molecular formula is C11H18N4. The molecule has 0 radical (unpaired) electrons. The van der Waals surface area contributed by atoms with Crippen LogP contribution in [0.15, 0.2) is 12.5 Å². The van der Waals surface area contributed by atoms with Crippen LogP contribution in [-0.2, 0) is 6.42 Å². The standard InChI is InChI=1S/C11H18N4/c1-9(12)6-10-7-13-8-14-11(10)15-4-2-3-5-15/h7-9H,2-6,12H2,1H3. The second-order valence-corrected chi connectivity index (χ2v) is 4.25. The van der Waals surface area contributed by atoms with Crippen molar-refractivity contribution in [3.63, 3.8) is 0 Å². The van der Waals surface area contributed by atoms with Crippen molar-refractivity contribution in [1.29, 1.82) is 0 Å². The lowest BCUT2D eigenvalue weighted by molar-refractivity contribution is 0.727. The molecule has 82 valence electrons. The fraction of sp³-hybridized carbons (Fsp3) is 0.636. The van der Waals surface area contributed by atoms with Gasteiger partial charge < -0.3 is 10.6 Å². The Labute approximate surface area is 90.5 Å². The Morgan fingerprint density at radius 1 is 1.47 bits per heavy atom. The Kier molecular flexibility index (Phi) is 3.16.